The molecule has 2 aromatic heterocycles. The van der Waals surface area contributed by atoms with Gasteiger partial charge < -0.3 is 13.7 Å². The minimum atomic E-state index is -3.06. The van der Waals surface area contributed by atoms with Gasteiger partial charge in [0.1, 0.15) is 17.4 Å². The van der Waals surface area contributed by atoms with E-state index in [1.807, 2.05) is 77.4 Å². The number of hydrogen-bond acceptors (Lipinski definition) is 6. The fourth-order valence-electron chi connectivity index (χ4n) is 7.79. The second-order valence-electron chi connectivity index (χ2n) is 17.7. The van der Waals surface area contributed by atoms with Gasteiger partial charge in [-0.1, -0.05) is 45.9 Å². The van der Waals surface area contributed by atoms with Gasteiger partial charge in [-0.05, 0) is 93.4 Å². The summed E-state index contributed by atoms with van der Waals surface area (Å²) in [6.07, 6.45) is 2.45. The van der Waals surface area contributed by atoms with Gasteiger partial charge in [0.25, 0.3) is 0 Å². The highest BCUT2D eigenvalue weighted by molar-refractivity contribution is 7.84. The molecule has 13 heteroatoms. The molecule has 3 aliphatic rings. The lowest BCUT2D eigenvalue weighted by molar-refractivity contribution is -0.0507. The molecule has 2 bridgehead atoms. The van der Waals surface area contributed by atoms with Crippen LogP contribution in [0.25, 0.3) is 22.2 Å². The zero-order valence-corrected chi connectivity index (χ0v) is 33.5. The molecule has 0 amide bonds. The van der Waals surface area contributed by atoms with Gasteiger partial charge in [0.05, 0.1) is 46.8 Å². The van der Waals surface area contributed by atoms with Crippen molar-refractivity contribution < 1.29 is 34.1 Å². The molecule has 1 fully saturated rings. The van der Waals surface area contributed by atoms with Crippen molar-refractivity contribution in [2.45, 2.75) is 121 Å². The summed E-state index contributed by atoms with van der Waals surface area (Å²) in [5, 5.41) is -0.236. The van der Waals surface area contributed by atoms with Crippen molar-refractivity contribution in [3.8, 4) is 16.9 Å². The molecule has 0 radical (unpaired) electrons. The molecular weight excluding hydrogens is 718 g/mol. The van der Waals surface area contributed by atoms with Crippen molar-refractivity contribution in [3.05, 3.63) is 77.1 Å². The van der Waals surface area contributed by atoms with E-state index in [1.54, 1.807) is 25.3 Å². The molecule has 1 N–H and O–H groups in total. The molecule has 0 spiro atoms. The van der Waals surface area contributed by atoms with Gasteiger partial charge >= 0.3 is 6.61 Å². The fraction of sp³-hybridized carbons (Fsp3) is 0.525. The summed E-state index contributed by atoms with van der Waals surface area (Å²) in [6, 6.07) is 11.1. The Balaban J connectivity index is 1.25. The number of rotatable bonds is 9. The number of Topliss-reactive ketones (excluding diaryl/α,β-unsaturated/α-hetero) is 1. The van der Waals surface area contributed by atoms with Crippen LogP contribution >= 0.6 is 0 Å². The van der Waals surface area contributed by atoms with Crippen LogP contribution in [0.15, 0.2) is 48.7 Å². The lowest BCUT2D eigenvalue weighted by Crippen LogP contribution is -2.62. The summed E-state index contributed by atoms with van der Waals surface area (Å²) in [5.41, 5.74) is 1.03. The number of carbonyl (C=O) groups excluding carboxylic acids is 1. The first kappa shape index (κ1) is 35.3. The maximum Gasteiger partial charge on any atom is 0.387 e. The summed E-state index contributed by atoms with van der Waals surface area (Å²) in [4.78, 5) is 22.8. The number of fused-ring (bicyclic) bond motifs is 9. The van der Waals surface area contributed by atoms with Crippen molar-refractivity contribution in [2.24, 2.45) is 5.41 Å². The monoisotopic (exact) mass is 768 g/mol. The molecule has 284 valence electrons. The highest BCUT2D eigenvalue weighted by Gasteiger charge is 2.57. The van der Waals surface area contributed by atoms with Crippen molar-refractivity contribution in [2.75, 3.05) is 6.56 Å². The van der Waals surface area contributed by atoms with Gasteiger partial charge in [-0.15, -0.1) is 0 Å². The third-order valence-corrected chi connectivity index (χ3v) is 17.4. The van der Waals surface area contributed by atoms with Crippen molar-refractivity contribution >= 4 is 36.1 Å². The van der Waals surface area contributed by atoms with Crippen LogP contribution < -0.4 is 9.46 Å². The van der Waals surface area contributed by atoms with E-state index >= 15 is 4.39 Å². The molecule has 0 unspecified atom stereocenters. The lowest BCUT2D eigenvalue weighted by atomic mass is 9.57. The first-order valence-electron chi connectivity index (χ1n) is 19.1. The minimum Gasteiger partial charge on any atom is -0.434 e. The predicted molar refractivity (Wildman–Crippen MR) is 204 cm³/mol. The Kier molecular flexibility index (Phi) is 8.56. The molecule has 53 heavy (non-hydrogen) atoms. The second-order valence-corrected chi connectivity index (χ2v) is 24.4. The Hall–Kier alpha value is -3.39. The first-order chi connectivity index (χ1) is 25.4. The molecule has 3 atom stereocenters. The zero-order chi connectivity index (χ0) is 40.3. The number of hydrogen-bond donors (Lipinski definition) is 1. The Morgan fingerprint density at radius 3 is 2.47 bits per heavy atom. The summed E-state index contributed by atoms with van der Waals surface area (Å²) >= 11 is 0. The SMILES string of the molecule is [2H]C([2H])(O[Si](C)(C)C(C)(C)C)C1(C)CC(N[S@](=O)C(C)(C)C)(c2ncc(-c3ccc4nc5n(c4c3)[C@@H]3C[C@H]5CC(=O)c4cccc(OC(F)F)c43)cc2F)C1. The molecule has 0 saturated heterocycles. The number of ether oxygens (including phenoxy) is 1. The van der Waals surface area contributed by atoms with Gasteiger partial charge in [-0.25, -0.2) is 18.3 Å². The number of halogens is 3. The number of alkyl halides is 2. The van der Waals surface area contributed by atoms with E-state index in [0.29, 0.717) is 45.5 Å². The zero-order valence-electron chi connectivity index (χ0n) is 33.7. The molecule has 1 saturated carbocycles. The standard InChI is InChI=1S/C40H49F3N4O4SSi/c1-37(2,3)52(49)46-40(20-39(7,21-40)22-50-53(8,9)38(4,5)6)34-27(41)15-25(19-44-34)23-13-14-28-29(16-23)47-30-17-24(35(47)45-28)18-31(48)26-11-10-12-32(33(26)30)51-36(42)43/h10-16,19,24,30,36,46H,17-18,20-22H2,1-9H3/t24-,30+,39?,40?,52+/m0/s1/i22D2. The van der Waals surface area contributed by atoms with Crippen molar-refractivity contribution in [3.63, 3.8) is 0 Å². The highest BCUT2D eigenvalue weighted by atomic mass is 32.2. The fourth-order valence-corrected chi connectivity index (χ4v) is 9.50. The number of aromatic nitrogens is 3. The molecule has 2 aliphatic carbocycles. The van der Waals surface area contributed by atoms with E-state index in [-0.39, 0.29) is 47.4 Å². The molecule has 7 rings (SSSR count). The number of benzene rings is 2. The van der Waals surface area contributed by atoms with Crippen LogP contribution in [0.2, 0.25) is 18.1 Å². The maximum absolute atomic E-state index is 16.6. The normalized spacial score (nSPS) is 25.7. The van der Waals surface area contributed by atoms with Crippen LogP contribution in [0.3, 0.4) is 0 Å². The average molecular weight is 769 g/mol. The highest BCUT2D eigenvalue weighted by Crippen LogP contribution is 2.56. The lowest BCUT2D eigenvalue weighted by Gasteiger charge is -2.55. The largest absolute Gasteiger partial charge is 0.434 e. The topological polar surface area (TPSA) is 95.3 Å². The minimum absolute atomic E-state index is 0.0409. The first-order valence-corrected chi connectivity index (χ1v) is 22.1. The summed E-state index contributed by atoms with van der Waals surface area (Å²) < 4.78 is 91.2. The Bertz CT molecular complexity index is 2230. The maximum atomic E-state index is 16.6. The van der Waals surface area contributed by atoms with E-state index in [1.165, 1.54) is 12.1 Å². The molecule has 3 heterocycles. The van der Waals surface area contributed by atoms with Gasteiger partial charge in [0.15, 0.2) is 14.1 Å². The number of nitrogens with one attached hydrogen (secondary N) is 1. The van der Waals surface area contributed by atoms with Crippen molar-refractivity contribution in [1.29, 1.82) is 0 Å². The Morgan fingerprint density at radius 2 is 1.83 bits per heavy atom. The number of nitrogens with zero attached hydrogens (tertiary/aromatic N) is 3. The smallest absolute Gasteiger partial charge is 0.387 e. The van der Waals surface area contributed by atoms with Gasteiger partial charge in [-0.2, -0.15) is 8.78 Å². The number of imidazole rings is 1. The predicted octanol–water partition coefficient (Wildman–Crippen LogP) is 9.57. The quantitative estimate of drug-likeness (QED) is 0.171. The number of carbonyl (C=O) groups is 1. The van der Waals surface area contributed by atoms with E-state index in [9.17, 15) is 17.8 Å². The van der Waals surface area contributed by atoms with Crippen LogP contribution in [0.1, 0.15) is 116 Å². The molecule has 2 aromatic carbocycles. The summed E-state index contributed by atoms with van der Waals surface area (Å²) in [5.74, 6) is -0.343. The van der Waals surface area contributed by atoms with Crippen LogP contribution in [0.5, 0.6) is 5.75 Å². The van der Waals surface area contributed by atoms with Gasteiger partial charge in [0, 0.05) is 41.8 Å². The van der Waals surface area contributed by atoms with Crippen LogP contribution in [0.4, 0.5) is 13.2 Å². The Morgan fingerprint density at radius 1 is 1.11 bits per heavy atom. The van der Waals surface area contributed by atoms with Crippen molar-refractivity contribution in [1.82, 2.24) is 19.3 Å². The van der Waals surface area contributed by atoms with Gasteiger partial charge in [-0.3, -0.25) is 9.78 Å². The second kappa shape index (κ2) is 12.8. The third kappa shape index (κ3) is 6.69. The van der Waals surface area contributed by atoms with Crippen LogP contribution in [0, 0.1) is 11.2 Å². The van der Waals surface area contributed by atoms with E-state index in [2.05, 4.69) is 9.71 Å². The third-order valence-electron chi connectivity index (χ3n) is 11.5. The van der Waals surface area contributed by atoms with Crippen LogP contribution in [-0.2, 0) is 21.0 Å². The van der Waals surface area contributed by atoms with E-state index in [4.69, 9.17) is 16.9 Å². The summed E-state index contributed by atoms with van der Waals surface area (Å²) in [7, 11) is -4.17. The summed E-state index contributed by atoms with van der Waals surface area (Å²) in [6.45, 7) is 12.3. The molecule has 8 nitrogen and oxygen atoms in total. The molecular formula is C40H49F3N4O4SSi. The van der Waals surface area contributed by atoms with Gasteiger partial charge in [0.2, 0.25) is 0 Å². The Labute approximate surface area is 315 Å². The average Bonchev–Trinajstić information content (AvgIpc) is 3.53. The molecule has 1 aliphatic heterocycles. The number of pyridine rings is 1. The van der Waals surface area contributed by atoms with E-state index in [0.717, 1.165) is 0 Å². The van der Waals surface area contributed by atoms with Crippen LogP contribution in [-0.4, -0.2) is 50.8 Å². The molecule has 4 aromatic rings. The number of ketones is 1. The van der Waals surface area contributed by atoms with E-state index < -0.39 is 60.0 Å².